The Morgan fingerprint density at radius 1 is 1.16 bits per heavy atom. The molecule has 1 rings (SSSR count). The van der Waals surface area contributed by atoms with Gasteiger partial charge in [-0.05, 0) is 39.5 Å². The summed E-state index contributed by atoms with van der Waals surface area (Å²) in [6.07, 6.45) is 7.23. The first kappa shape index (κ1) is 15.7. The Kier molecular flexibility index (Phi) is 6.06. The molecule has 0 amide bonds. The molecule has 0 spiro atoms. The molecule has 0 radical (unpaired) electrons. The van der Waals surface area contributed by atoms with Gasteiger partial charge in [-0.3, -0.25) is 9.59 Å². The lowest BCUT2D eigenvalue weighted by Gasteiger charge is -2.35. The molecule has 1 unspecified atom stereocenters. The van der Waals surface area contributed by atoms with Crippen molar-refractivity contribution in [1.82, 2.24) is 0 Å². The van der Waals surface area contributed by atoms with Crippen molar-refractivity contribution < 1.29 is 19.1 Å². The Hall–Kier alpha value is -1.32. The predicted molar refractivity (Wildman–Crippen MR) is 72.5 cm³/mol. The summed E-state index contributed by atoms with van der Waals surface area (Å²) in [5.74, 6) is -1.02. The van der Waals surface area contributed by atoms with E-state index in [1.54, 1.807) is 13.8 Å². The number of esters is 2. The van der Waals surface area contributed by atoms with Crippen molar-refractivity contribution in [2.75, 3.05) is 13.2 Å². The molecule has 0 bridgehead atoms. The van der Waals surface area contributed by atoms with E-state index in [0.29, 0.717) is 6.42 Å². The van der Waals surface area contributed by atoms with Crippen molar-refractivity contribution >= 4 is 11.9 Å². The minimum Gasteiger partial charge on any atom is -0.465 e. The van der Waals surface area contributed by atoms with E-state index in [1.165, 1.54) is 0 Å². The number of hydrogen-bond donors (Lipinski definition) is 0. The Bertz CT molecular complexity index is 328. The van der Waals surface area contributed by atoms with Crippen molar-refractivity contribution in [2.45, 2.75) is 46.5 Å². The maximum Gasteiger partial charge on any atom is 0.324 e. The minimum atomic E-state index is -1.18. The molecule has 0 N–H and O–H groups in total. The Balaban J connectivity index is 3.11. The summed E-state index contributed by atoms with van der Waals surface area (Å²) < 4.78 is 10.3. The standard InChI is InChI=1S/C15H24O4/c1-4-15(13(16)18-5-2,14(17)19-6-3)12-10-8-7-9-11-12/h8,10,12H,4-7,9,11H2,1-3H3. The zero-order valence-corrected chi connectivity index (χ0v) is 12.1. The highest BCUT2D eigenvalue weighted by molar-refractivity contribution is 6.00. The SMILES string of the molecule is CCOC(=O)C(CC)(C(=O)OCC)C1C=CCCC1. The van der Waals surface area contributed by atoms with Crippen molar-refractivity contribution in [3.63, 3.8) is 0 Å². The average molecular weight is 268 g/mol. The van der Waals surface area contributed by atoms with E-state index in [2.05, 4.69) is 0 Å². The molecule has 0 aromatic rings. The van der Waals surface area contributed by atoms with Gasteiger partial charge in [0.2, 0.25) is 0 Å². The third-order valence-corrected chi connectivity index (χ3v) is 3.72. The number of rotatable bonds is 6. The van der Waals surface area contributed by atoms with Gasteiger partial charge in [-0.1, -0.05) is 19.1 Å². The van der Waals surface area contributed by atoms with E-state index in [9.17, 15) is 9.59 Å². The lowest BCUT2D eigenvalue weighted by atomic mass is 9.69. The van der Waals surface area contributed by atoms with Gasteiger partial charge < -0.3 is 9.47 Å². The second-order valence-electron chi connectivity index (χ2n) is 4.73. The zero-order chi connectivity index (χ0) is 14.3. The van der Waals surface area contributed by atoms with Gasteiger partial charge in [0.05, 0.1) is 13.2 Å². The van der Waals surface area contributed by atoms with Gasteiger partial charge >= 0.3 is 11.9 Å². The smallest absolute Gasteiger partial charge is 0.324 e. The first-order valence-corrected chi connectivity index (χ1v) is 7.14. The van der Waals surface area contributed by atoms with Crippen LogP contribution < -0.4 is 0 Å². The first-order chi connectivity index (χ1) is 9.13. The van der Waals surface area contributed by atoms with Gasteiger partial charge in [0, 0.05) is 5.92 Å². The van der Waals surface area contributed by atoms with E-state index in [1.807, 2.05) is 19.1 Å². The van der Waals surface area contributed by atoms with Gasteiger partial charge in [0.15, 0.2) is 5.41 Å². The molecule has 0 aromatic heterocycles. The maximum atomic E-state index is 12.4. The average Bonchev–Trinajstić information content (AvgIpc) is 2.42. The summed E-state index contributed by atoms with van der Waals surface area (Å²) in [4.78, 5) is 24.7. The lowest BCUT2D eigenvalue weighted by molar-refractivity contribution is -0.176. The van der Waals surface area contributed by atoms with Crippen LogP contribution in [0.3, 0.4) is 0 Å². The number of hydrogen-bond acceptors (Lipinski definition) is 4. The summed E-state index contributed by atoms with van der Waals surface area (Å²) in [5.41, 5.74) is -1.18. The molecule has 0 aromatic carbocycles. The Labute approximate surface area is 115 Å². The summed E-state index contributed by atoms with van der Waals surface area (Å²) in [6.45, 7) is 5.89. The third kappa shape index (κ3) is 3.17. The summed E-state index contributed by atoms with van der Waals surface area (Å²) in [7, 11) is 0. The highest BCUT2D eigenvalue weighted by Crippen LogP contribution is 2.40. The number of ether oxygens (including phenoxy) is 2. The molecule has 0 saturated carbocycles. The molecule has 108 valence electrons. The van der Waals surface area contributed by atoms with Gasteiger partial charge in [-0.2, -0.15) is 0 Å². The van der Waals surface area contributed by atoms with E-state index >= 15 is 0 Å². The van der Waals surface area contributed by atoms with Gasteiger partial charge in [-0.15, -0.1) is 0 Å². The van der Waals surface area contributed by atoms with E-state index in [0.717, 1.165) is 19.3 Å². The van der Waals surface area contributed by atoms with Crippen LogP contribution in [0.5, 0.6) is 0 Å². The minimum absolute atomic E-state index is 0.121. The fourth-order valence-corrected chi connectivity index (χ4v) is 2.68. The second kappa shape index (κ2) is 7.31. The zero-order valence-electron chi connectivity index (χ0n) is 12.1. The van der Waals surface area contributed by atoms with Gasteiger partial charge in [0.1, 0.15) is 0 Å². The highest BCUT2D eigenvalue weighted by Gasteiger charge is 2.52. The fraction of sp³-hybridized carbons (Fsp3) is 0.733. The van der Waals surface area contributed by atoms with Gasteiger partial charge in [-0.25, -0.2) is 0 Å². The Morgan fingerprint density at radius 3 is 2.11 bits per heavy atom. The molecule has 4 nitrogen and oxygen atoms in total. The molecule has 0 fully saturated rings. The third-order valence-electron chi connectivity index (χ3n) is 3.72. The molecule has 19 heavy (non-hydrogen) atoms. The quantitative estimate of drug-likeness (QED) is 0.422. The topological polar surface area (TPSA) is 52.6 Å². The van der Waals surface area contributed by atoms with E-state index in [-0.39, 0.29) is 19.1 Å². The number of carbonyl (C=O) groups excluding carboxylic acids is 2. The van der Waals surface area contributed by atoms with Crippen LogP contribution in [0.2, 0.25) is 0 Å². The van der Waals surface area contributed by atoms with Crippen molar-refractivity contribution in [3.05, 3.63) is 12.2 Å². The lowest BCUT2D eigenvalue weighted by Crippen LogP contribution is -2.47. The largest absolute Gasteiger partial charge is 0.465 e. The van der Waals surface area contributed by atoms with Crippen LogP contribution in [0.4, 0.5) is 0 Å². The van der Waals surface area contributed by atoms with E-state index in [4.69, 9.17) is 9.47 Å². The molecule has 0 aliphatic heterocycles. The maximum absolute atomic E-state index is 12.4. The molecular weight excluding hydrogens is 244 g/mol. The molecule has 0 heterocycles. The van der Waals surface area contributed by atoms with Crippen LogP contribution in [0.25, 0.3) is 0 Å². The van der Waals surface area contributed by atoms with Crippen molar-refractivity contribution in [2.24, 2.45) is 11.3 Å². The molecular formula is C15H24O4. The normalized spacial score (nSPS) is 19.0. The first-order valence-electron chi connectivity index (χ1n) is 7.14. The molecule has 1 atom stereocenters. The predicted octanol–water partition coefficient (Wildman–Crippen LogP) is 2.87. The Morgan fingerprint density at radius 2 is 1.74 bits per heavy atom. The van der Waals surface area contributed by atoms with Crippen LogP contribution in [0.15, 0.2) is 12.2 Å². The van der Waals surface area contributed by atoms with Crippen LogP contribution in [-0.4, -0.2) is 25.2 Å². The molecule has 1 aliphatic carbocycles. The van der Waals surface area contributed by atoms with Crippen LogP contribution in [-0.2, 0) is 19.1 Å². The second-order valence-corrected chi connectivity index (χ2v) is 4.73. The molecule has 1 aliphatic rings. The molecule has 4 heteroatoms. The number of carbonyl (C=O) groups is 2. The van der Waals surface area contributed by atoms with E-state index < -0.39 is 17.4 Å². The van der Waals surface area contributed by atoms with Crippen molar-refractivity contribution in [1.29, 1.82) is 0 Å². The summed E-state index contributed by atoms with van der Waals surface area (Å²) in [6, 6.07) is 0. The van der Waals surface area contributed by atoms with Gasteiger partial charge in [0.25, 0.3) is 0 Å². The van der Waals surface area contributed by atoms with Crippen LogP contribution in [0.1, 0.15) is 46.5 Å². The fourth-order valence-electron chi connectivity index (χ4n) is 2.68. The summed E-state index contributed by atoms with van der Waals surface area (Å²) in [5, 5.41) is 0. The summed E-state index contributed by atoms with van der Waals surface area (Å²) >= 11 is 0. The monoisotopic (exact) mass is 268 g/mol. The van der Waals surface area contributed by atoms with Crippen LogP contribution in [0, 0.1) is 11.3 Å². The number of allylic oxidation sites excluding steroid dienone is 2. The molecule has 0 saturated heterocycles. The van der Waals surface area contributed by atoms with Crippen molar-refractivity contribution in [3.8, 4) is 0 Å². The highest BCUT2D eigenvalue weighted by atomic mass is 16.6. The van der Waals surface area contributed by atoms with Crippen LogP contribution >= 0.6 is 0 Å².